The van der Waals surface area contributed by atoms with Gasteiger partial charge in [0, 0.05) is 19.3 Å². The van der Waals surface area contributed by atoms with Gasteiger partial charge in [0.25, 0.3) is 10.1 Å². The Morgan fingerprint density at radius 2 is 0.885 bits per heavy atom. The molecule has 0 N–H and O–H groups in total. The lowest BCUT2D eigenvalue weighted by Gasteiger charge is -2.28. The molecule has 296 valence electrons. The molecule has 5 nitrogen and oxygen atoms in total. The van der Waals surface area contributed by atoms with E-state index in [2.05, 4.69) is 111 Å². The van der Waals surface area contributed by atoms with Gasteiger partial charge in [-0.2, -0.15) is 8.42 Å². The molecule has 0 radical (unpaired) electrons. The van der Waals surface area contributed by atoms with Gasteiger partial charge in [-0.1, -0.05) is 137 Å². The van der Waals surface area contributed by atoms with E-state index in [9.17, 15) is 8.42 Å². The van der Waals surface area contributed by atoms with Crippen molar-refractivity contribution in [2.75, 3.05) is 19.5 Å². The highest BCUT2D eigenvalue weighted by Gasteiger charge is 2.40. The largest absolute Gasteiger partial charge is 0.347 e. The Hall–Kier alpha value is -2.25. The van der Waals surface area contributed by atoms with Gasteiger partial charge >= 0.3 is 0 Å². The van der Waals surface area contributed by atoms with Crippen LogP contribution in [0.3, 0.4) is 0 Å². The lowest BCUT2D eigenvalue weighted by Crippen LogP contribution is -2.31. The van der Waals surface area contributed by atoms with E-state index in [0.29, 0.717) is 13.0 Å². The van der Waals surface area contributed by atoms with Gasteiger partial charge in [-0.05, 0) is 103 Å². The molecule has 6 heteroatoms. The van der Waals surface area contributed by atoms with Crippen molar-refractivity contribution in [2.45, 2.75) is 173 Å². The van der Waals surface area contributed by atoms with Crippen LogP contribution in [0.25, 0.3) is 0 Å². The van der Waals surface area contributed by atoms with E-state index in [0.717, 1.165) is 96.1 Å². The smallest absolute Gasteiger partial charge is 0.264 e. The molecule has 1 fully saturated rings. The van der Waals surface area contributed by atoms with Gasteiger partial charge in [0.05, 0.1) is 25.6 Å². The summed E-state index contributed by atoms with van der Waals surface area (Å²) < 4.78 is 40.5. The van der Waals surface area contributed by atoms with Crippen LogP contribution in [0.4, 0.5) is 0 Å². The molecule has 1 aliphatic rings. The Kier molecular flexibility index (Phi) is 31.7. The highest BCUT2D eigenvalue weighted by atomic mass is 32.2. The van der Waals surface area contributed by atoms with Crippen molar-refractivity contribution in [1.29, 1.82) is 0 Å². The summed E-state index contributed by atoms with van der Waals surface area (Å²) in [4.78, 5) is 0. The van der Waals surface area contributed by atoms with Crippen molar-refractivity contribution in [1.82, 2.24) is 0 Å². The van der Waals surface area contributed by atoms with Crippen LogP contribution >= 0.6 is 0 Å². The van der Waals surface area contributed by atoms with Crippen LogP contribution in [0.15, 0.2) is 97.2 Å². The van der Waals surface area contributed by atoms with Crippen LogP contribution in [0, 0.1) is 0 Å². The number of rotatable bonds is 34. The van der Waals surface area contributed by atoms with E-state index in [1.165, 1.54) is 51.4 Å². The van der Waals surface area contributed by atoms with Gasteiger partial charge in [-0.15, -0.1) is 0 Å². The van der Waals surface area contributed by atoms with Crippen molar-refractivity contribution < 1.29 is 22.1 Å². The average Bonchev–Trinajstić information content (AvgIpc) is 3.52. The zero-order valence-electron chi connectivity index (χ0n) is 33.4. The zero-order valence-corrected chi connectivity index (χ0v) is 34.3. The molecule has 0 bridgehead atoms. The van der Waals surface area contributed by atoms with Gasteiger partial charge in [-0.25, -0.2) is 0 Å². The molecule has 0 aromatic rings. The number of unbranched alkanes of at least 4 members (excludes halogenated alkanes) is 10. The Bertz CT molecular complexity index is 1110. The van der Waals surface area contributed by atoms with Crippen LogP contribution < -0.4 is 0 Å². The maximum atomic E-state index is 11.4. The fraction of sp³-hybridized carbons (Fsp3) is 0.652. The first-order chi connectivity index (χ1) is 25.4. The van der Waals surface area contributed by atoms with E-state index in [1.54, 1.807) is 0 Å². The summed E-state index contributed by atoms with van der Waals surface area (Å²) in [6.07, 6.45) is 61.9. The first-order valence-electron chi connectivity index (χ1n) is 20.8. The minimum atomic E-state index is -3.45. The van der Waals surface area contributed by atoms with E-state index in [-0.39, 0.29) is 12.7 Å². The van der Waals surface area contributed by atoms with Crippen molar-refractivity contribution in [3.63, 3.8) is 0 Å². The molecule has 52 heavy (non-hydrogen) atoms. The molecule has 1 aliphatic heterocycles. The molecule has 1 atom stereocenters. The molecule has 0 amide bonds. The number of ether oxygens (including phenoxy) is 2. The summed E-state index contributed by atoms with van der Waals surface area (Å²) in [6, 6.07) is 0. The SMILES string of the molecule is CCCCC/C=C\C/C=C\C/C=C\C/C=C\CCCCC1(CCCC/C=C\C/C=C\C/C=C\C/C=C\CCCCC)OCC(CCOS(C)(=O)=O)O1. The van der Waals surface area contributed by atoms with E-state index < -0.39 is 15.9 Å². The Morgan fingerprint density at radius 3 is 1.23 bits per heavy atom. The Labute approximate surface area is 321 Å². The molecule has 0 aromatic heterocycles. The quantitative estimate of drug-likeness (QED) is 0.0373. The summed E-state index contributed by atoms with van der Waals surface area (Å²) in [6.45, 7) is 5.10. The fourth-order valence-electron chi connectivity index (χ4n) is 5.91. The van der Waals surface area contributed by atoms with Crippen LogP contribution in [0.2, 0.25) is 0 Å². The minimum absolute atomic E-state index is 0.126. The van der Waals surface area contributed by atoms with Gasteiger partial charge in [0.1, 0.15) is 0 Å². The second-order valence-electron chi connectivity index (χ2n) is 13.9. The molecule has 1 heterocycles. The van der Waals surface area contributed by atoms with Crippen molar-refractivity contribution in [2.24, 2.45) is 0 Å². The maximum absolute atomic E-state index is 11.4. The topological polar surface area (TPSA) is 61.8 Å². The summed E-state index contributed by atoms with van der Waals surface area (Å²) in [5.74, 6) is -0.578. The van der Waals surface area contributed by atoms with Crippen LogP contribution in [-0.2, 0) is 23.8 Å². The molecule has 0 spiro atoms. The van der Waals surface area contributed by atoms with Gasteiger partial charge in [0.15, 0.2) is 5.79 Å². The molecule has 1 rings (SSSR count). The average molecular weight is 741 g/mol. The summed E-state index contributed by atoms with van der Waals surface area (Å²) >= 11 is 0. The van der Waals surface area contributed by atoms with E-state index in [4.69, 9.17) is 13.7 Å². The normalized spacial score (nSPS) is 17.2. The predicted octanol–water partition coefficient (Wildman–Crippen LogP) is 13.5. The van der Waals surface area contributed by atoms with Gasteiger partial charge in [-0.3, -0.25) is 4.18 Å². The lowest BCUT2D eigenvalue weighted by molar-refractivity contribution is -0.180. The molecule has 0 aromatic carbocycles. The summed E-state index contributed by atoms with van der Waals surface area (Å²) in [5, 5.41) is 0. The third kappa shape index (κ3) is 31.3. The van der Waals surface area contributed by atoms with E-state index in [1.807, 2.05) is 0 Å². The fourth-order valence-corrected chi connectivity index (χ4v) is 6.31. The number of hydrogen-bond acceptors (Lipinski definition) is 5. The van der Waals surface area contributed by atoms with Crippen LogP contribution in [-0.4, -0.2) is 39.8 Å². The summed E-state index contributed by atoms with van der Waals surface area (Å²) in [7, 11) is -3.45. The standard InChI is InChI=1S/C46H76O5S/c1-4-6-8-10-12-14-16-18-20-22-24-26-28-30-32-34-36-38-41-46(49-44-45(51-46)40-43-50-52(3,47)48)42-39-37-35-33-31-29-27-25-23-21-19-17-15-13-11-9-7-5-2/h12-15,18-21,24-27,30-33,45H,4-11,16-17,22-23,28-29,34-44H2,1-3H3/b14-12-,15-13-,20-18-,21-19-,26-24-,27-25-,32-30-,33-31-. The third-order valence-corrected chi connectivity index (χ3v) is 9.52. The summed E-state index contributed by atoms with van der Waals surface area (Å²) in [5.41, 5.74) is 0. The lowest BCUT2D eigenvalue weighted by atomic mass is 10.00. The molecule has 0 saturated carbocycles. The van der Waals surface area contributed by atoms with Gasteiger partial charge < -0.3 is 9.47 Å². The van der Waals surface area contributed by atoms with Crippen molar-refractivity contribution >= 4 is 10.1 Å². The number of allylic oxidation sites excluding steroid dienone is 16. The van der Waals surface area contributed by atoms with E-state index >= 15 is 0 Å². The van der Waals surface area contributed by atoms with Gasteiger partial charge in [0.2, 0.25) is 0 Å². The van der Waals surface area contributed by atoms with Crippen molar-refractivity contribution in [3.8, 4) is 0 Å². The van der Waals surface area contributed by atoms with Crippen molar-refractivity contribution in [3.05, 3.63) is 97.2 Å². The molecule has 1 unspecified atom stereocenters. The molecule has 0 aliphatic carbocycles. The van der Waals surface area contributed by atoms with Crippen LogP contribution in [0.1, 0.15) is 162 Å². The first-order valence-corrected chi connectivity index (χ1v) is 22.6. The molecular formula is C46H76O5S. The molecular weight excluding hydrogens is 665 g/mol. The zero-order chi connectivity index (χ0) is 37.7. The highest BCUT2D eigenvalue weighted by molar-refractivity contribution is 7.85. The molecule has 1 saturated heterocycles. The number of hydrogen-bond donors (Lipinski definition) is 0. The monoisotopic (exact) mass is 741 g/mol. The Balaban J connectivity index is 2.31. The first kappa shape index (κ1) is 47.8. The predicted molar refractivity (Wildman–Crippen MR) is 225 cm³/mol. The van der Waals surface area contributed by atoms with Crippen LogP contribution in [0.5, 0.6) is 0 Å². The Morgan fingerprint density at radius 1 is 0.538 bits per heavy atom. The maximum Gasteiger partial charge on any atom is 0.264 e. The highest BCUT2D eigenvalue weighted by Crippen LogP contribution is 2.35. The second kappa shape index (κ2) is 34.5. The third-order valence-electron chi connectivity index (χ3n) is 8.92. The minimum Gasteiger partial charge on any atom is -0.347 e. The second-order valence-corrected chi connectivity index (χ2v) is 15.6.